The van der Waals surface area contributed by atoms with Crippen LogP contribution in [-0.4, -0.2) is 52.7 Å². The van der Waals surface area contributed by atoms with Gasteiger partial charge in [0.15, 0.2) is 0 Å². The molecule has 0 spiro atoms. The normalized spacial score (nSPS) is 18.9. The van der Waals surface area contributed by atoms with E-state index in [0.717, 1.165) is 18.1 Å². The monoisotopic (exact) mass is 297 g/mol. The summed E-state index contributed by atoms with van der Waals surface area (Å²) >= 11 is 1.68. The molecule has 0 radical (unpaired) electrons. The Balaban J connectivity index is 1.85. The van der Waals surface area contributed by atoms with Crippen LogP contribution in [-0.2, 0) is 4.74 Å². The van der Waals surface area contributed by atoms with Gasteiger partial charge in [-0.3, -0.25) is 4.90 Å². The number of piperazine rings is 1. The summed E-state index contributed by atoms with van der Waals surface area (Å²) in [5, 5.41) is 3.14. The summed E-state index contributed by atoms with van der Waals surface area (Å²) in [6.45, 7) is 11.0. The molecule has 1 saturated heterocycles. The summed E-state index contributed by atoms with van der Waals surface area (Å²) in [4.78, 5) is 20.5. The molecule has 1 aromatic rings. The van der Waals surface area contributed by atoms with Crippen molar-refractivity contribution in [2.75, 3.05) is 26.2 Å². The van der Waals surface area contributed by atoms with Crippen molar-refractivity contribution >= 4 is 17.4 Å². The van der Waals surface area contributed by atoms with Crippen LogP contribution >= 0.6 is 11.3 Å². The molecule has 0 aliphatic carbocycles. The van der Waals surface area contributed by atoms with Crippen molar-refractivity contribution in [3.8, 4) is 0 Å². The van der Waals surface area contributed by atoms with Gasteiger partial charge in [0.2, 0.25) is 0 Å². The Kier molecular flexibility index (Phi) is 4.65. The van der Waals surface area contributed by atoms with Gasteiger partial charge in [-0.05, 0) is 27.7 Å². The largest absolute Gasteiger partial charge is 0.444 e. The Hall–Kier alpha value is -1.14. The molecule has 1 aliphatic heterocycles. The molecule has 0 unspecified atom stereocenters. The van der Waals surface area contributed by atoms with Crippen LogP contribution < -0.4 is 0 Å². The maximum Gasteiger partial charge on any atom is 0.410 e. The van der Waals surface area contributed by atoms with Crippen molar-refractivity contribution in [2.24, 2.45) is 0 Å². The average molecular weight is 297 g/mol. The minimum absolute atomic E-state index is 0.209. The van der Waals surface area contributed by atoms with Gasteiger partial charge in [-0.2, -0.15) is 0 Å². The van der Waals surface area contributed by atoms with Crippen LogP contribution in [0.25, 0.3) is 0 Å². The predicted octanol–water partition coefficient (Wildman–Crippen LogP) is 2.76. The van der Waals surface area contributed by atoms with Gasteiger partial charge >= 0.3 is 6.09 Å². The zero-order chi connectivity index (χ0) is 14.8. The van der Waals surface area contributed by atoms with Crippen molar-refractivity contribution in [1.29, 1.82) is 0 Å². The molecular weight excluding hydrogens is 274 g/mol. The SMILES string of the molecule is C[C@@H](c1nccs1)N1CCN(C(=O)OC(C)(C)C)CC1. The first-order chi connectivity index (χ1) is 9.37. The molecule has 5 nitrogen and oxygen atoms in total. The summed E-state index contributed by atoms with van der Waals surface area (Å²) in [6.07, 6.45) is 1.63. The molecule has 1 atom stereocenters. The van der Waals surface area contributed by atoms with E-state index in [1.807, 2.05) is 32.3 Å². The van der Waals surface area contributed by atoms with Crippen molar-refractivity contribution in [3.05, 3.63) is 16.6 Å². The van der Waals surface area contributed by atoms with Gasteiger partial charge in [-0.25, -0.2) is 9.78 Å². The summed E-state index contributed by atoms with van der Waals surface area (Å²) in [5.74, 6) is 0. The summed E-state index contributed by atoms with van der Waals surface area (Å²) in [6, 6.07) is 0.316. The third kappa shape index (κ3) is 3.93. The first-order valence-electron chi connectivity index (χ1n) is 6.98. The highest BCUT2D eigenvalue weighted by Crippen LogP contribution is 2.23. The van der Waals surface area contributed by atoms with E-state index in [9.17, 15) is 4.79 Å². The minimum Gasteiger partial charge on any atom is -0.444 e. The number of ether oxygens (including phenoxy) is 1. The molecule has 6 heteroatoms. The molecule has 1 aromatic heterocycles. The van der Waals surface area contributed by atoms with E-state index in [1.165, 1.54) is 0 Å². The molecule has 1 fully saturated rings. The lowest BCUT2D eigenvalue weighted by Gasteiger charge is -2.37. The molecule has 0 N–H and O–H groups in total. The molecule has 0 bridgehead atoms. The van der Waals surface area contributed by atoms with Crippen LogP contribution in [0.15, 0.2) is 11.6 Å². The molecule has 112 valence electrons. The number of thiazole rings is 1. The minimum atomic E-state index is -0.428. The van der Waals surface area contributed by atoms with Gasteiger partial charge in [-0.1, -0.05) is 0 Å². The van der Waals surface area contributed by atoms with Crippen LogP contribution in [0, 0.1) is 0 Å². The van der Waals surface area contributed by atoms with Gasteiger partial charge < -0.3 is 9.64 Å². The van der Waals surface area contributed by atoms with Gasteiger partial charge in [-0.15, -0.1) is 11.3 Å². The number of hydrogen-bond donors (Lipinski definition) is 0. The molecule has 0 saturated carbocycles. The lowest BCUT2D eigenvalue weighted by molar-refractivity contribution is 0.0110. The molecule has 20 heavy (non-hydrogen) atoms. The molecule has 1 aliphatic rings. The van der Waals surface area contributed by atoms with Crippen molar-refractivity contribution < 1.29 is 9.53 Å². The number of carbonyl (C=O) groups excluding carboxylic acids is 1. The van der Waals surface area contributed by atoms with E-state index >= 15 is 0 Å². The van der Waals surface area contributed by atoms with E-state index in [2.05, 4.69) is 16.8 Å². The number of aromatic nitrogens is 1. The molecule has 2 rings (SSSR count). The first kappa shape index (κ1) is 15.3. The van der Waals surface area contributed by atoms with E-state index in [1.54, 1.807) is 16.2 Å². The summed E-state index contributed by atoms with van der Waals surface area (Å²) in [7, 11) is 0. The first-order valence-corrected chi connectivity index (χ1v) is 7.86. The fourth-order valence-corrected chi connectivity index (χ4v) is 2.94. The van der Waals surface area contributed by atoms with Gasteiger partial charge in [0, 0.05) is 37.8 Å². The highest BCUT2D eigenvalue weighted by Gasteiger charge is 2.28. The van der Waals surface area contributed by atoms with E-state index in [0.29, 0.717) is 19.1 Å². The third-order valence-electron chi connectivity index (χ3n) is 3.32. The Labute approximate surface area is 124 Å². The molecule has 1 amide bonds. The van der Waals surface area contributed by atoms with Crippen LogP contribution in [0.2, 0.25) is 0 Å². The third-order valence-corrected chi connectivity index (χ3v) is 4.27. The number of hydrogen-bond acceptors (Lipinski definition) is 5. The second-order valence-corrected chi connectivity index (χ2v) is 6.98. The maximum absolute atomic E-state index is 12.0. The second kappa shape index (κ2) is 6.10. The van der Waals surface area contributed by atoms with Crippen molar-refractivity contribution in [3.63, 3.8) is 0 Å². The smallest absolute Gasteiger partial charge is 0.410 e. The fourth-order valence-electron chi connectivity index (χ4n) is 2.22. The Morgan fingerprint density at radius 2 is 2.00 bits per heavy atom. The average Bonchev–Trinajstić information content (AvgIpc) is 2.90. The quantitative estimate of drug-likeness (QED) is 0.842. The Morgan fingerprint density at radius 3 is 2.50 bits per heavy atom. The number of carbonyl (C=O) groups is 1. The van der Waals surface area contributed by atoms with Gasteiger partial charge in [0.25, 0.3) is 0 Å². The second-order valence-electron chi connectivity index (χ2n) is 6.05. The number of amides is 1. The van der Waals surface area contributed by atoms with Crippen LogP contribution in [0.1, 0.15) is 38.7 Å². The highest BCUT2D eigenvalue weighted by atomic mass is 32.1. The zero-order valence-corrected chi connectivity index (χ0v) is 13.4. The standard InChI is InChI=1S/C14H23N3O2S/c1-11(12-15-5-10-20-12)16-6-8-17(9-7-16)13(18)19-14(2,3)4/h5,10-11H,6-9H2,1-4H3/t11-/m0/s1. The van der Waals surface area contributed by atoms with E-state index < -0.39 is 5.60 Å². The lowest BCUT2D eigenvalue weighted by atomic mass is 10.2. The van der Waals surface area contributed by atoms with Crippen LogP contribution in [0.4, 0.5) is 4.79 Å². The van der Waals surface area contributed by atoms with Crippen molar-refractivity contribution in [1.82, 2.24) is 14.8 Å². The zero-order valence-electron chi connectivity index (χ0n) is 12.6. The van der Waals surface area contributed by atoms with Gasteiger partial charge in [0.05, 0.1) is 6.04 Å². The number of nitrogens with zero attached hydrogens (tertiary/aromatic N) is 3. The predicted molar refractivity (Wildman–Crippen MR) is 79.9 cm³/mol. The van der Waals surface area contributed by atoms with Crippen molar-refractivity contribution in [2.45, 2.75) is 39.3 Å². The Morgan fingerprint density at radius 1 is 1.35 bits per heavy atom. The molecule has 2 heterocycles. The lowest BCUT2D eigenvalue weighted by Crippen LogP contribution is -2.50. The van der Waals surface area contributed by atoms with Gasteiger partial charge in [0.1, 0.15) is 10.6 Å². The topological polar surface area (TPSA) is 45.7 Å². The summed E-state index contributed by atoms with van der Waals surface area (Å²) in [5.41, 5.74) is -0.428. The maximum atomic E-state index is 12.0. The fraction of sp³-hybridized carbons (Fsp3) is 0.714. The molecule has 0 aromatic carbocycles. The van der Waals surface area contributed by atoms with Crippen LogP contribution in [0.3, 0.4) is 0 Å². The van der Waals surface area contributed by atoms with E-state index in [-0.39, 0.29) is 6.09 Å². The van der Waals surface area contributed by atoms with E-state index in [4.69, 9.17) is 4.74 Å². The highest BCUT2D eigenvalue weighted by molar-refractivity contribution is 7.09. The number of rotatable bonds is 2. The molecular formula is C14H23N3O2S. The Bertz CT molecular complexity index is 434. The summed E-state index contributed by atoms with van der Waals surface area (Å²) < 4.78 is 5.40. The van der Waals surface area contributed by atoms with Crippen LogP contribution in [0.5, 0.6) is 0 Å².